The van der Waals surface area contributed by atoms with E-state index in [2.05, 4.69) is 48.4 Å². The van der Waals surface area contributed by atoms with Gasteiger partial charge < -0.3 is 11.1 Å². The molecular weight excluding hydrogens is 282 g/mol. The van der Waals surface area contributed by atoms with Crippen LogP contribution in [-0.4, -0.2) is 23.5 Å². The van der Waals surface area contributed by atoms with Gasteiger partial charge in [0, 0.05) is 23.5 Å². The Hall–Kier alpha value is -1.72. The lowest BCUT2D eigenvalue weighted by Crippen LogP contribution is -2.37. The monoisotopic (exact) mass is 303 g/mol. The maximum absolute atomic E-state index is 12.0. The summed E-state index contributed by atoms with van der Waals surface area (Å²) in [5.74, 6) is 0.337. The van der Waals surface area contributed by atoms with Gasteiger partial charge in [-0.2, -0.15) is 0 Å². The first kappa shape index (κ1) is 15.7. The molecule has 0 aliphatic rings. The van der Waals surface area contributed by atoms with Crippen LogP contribution in [0, 0.1) is 0 Å². The summed E-state index contributed by atoms with van der Waals surface area (Å²) in [6.45, 7) is 6.62. The van der Waals surface area contributed by atoms with E-state index in [0.29, 0.717) is 18.2 Å². The molecule has 0 fully saturated rings. The van der Waals surface area contributed by atoms with E-state index >= 15 is 0 Å². The number of amides is 1. The summed E-state index contributed by atoms with van der Waals surface area (Å²) in [6.07, 6.45) is 0. The zero-order chi connectivity index (χ0) is 15.4. The SMILES string of the molecule is CC(C)c1ccc(-c2nc(C(=O)N[C@@H](C)CN)cs2)cc1. The number of carbonyl (C=O) groups excluding carboxylic acids is 1. The second-order valence-corrected chi connectivity index (χ2v) is 6.28. The average Bonchev–Trinajstić information content (AvgIpc) is 2.97. The molecule has 0 aliphatic carbocycles. The number of thiazole rings is 1. The number of hydrogen-bond donors (Lipinski definition) is 2. The van der Waals surface area contributed by atoms with E-state index in [4.69, 9.17) is 5.73 Å². The van der Waals surface area contributed by atoms with Gasteiger partial charge in [0.15, 0.2) is 0 Å². The number of nitrogens with two attached hydrogens (primary N) is 1. The standard InChI is InChI=1S/C16H21N3OS/c1-10(2)12-4-6-13(7-5-12)16-19-14(9-21-16)15(20)18-11(3)8-17/h4-7,9-11H,8,17H2,1-3H3,(H,18,20)/t11-/m0/s1. The number of nitrogens with one attached hydrogen (secondary N) is 1. The lowest BCUT2D eigenvalue weighted by Gasteiger charge is -2.09. The zero-order valence-corrected chi connectivity index (χ0v) is 13.4. The van der Waals surface area contributed by atoms with Crippen LogP contribution in [0.1, 0.15) is 42.7 Å². The van der Waals surface area contributed by atoms with Crippen molar-refractivity contribution < 1.29 is 4.79 Å². The van der Waals surface area contributed by atoms with Gasteiger partial charge >= 0.3 is 0 Å². The minimum absolute atomic E-state index is 0.0482. The number of benzene rings is 1. The van der Waals surface area contributed by atoms with Crippen LogP contribution in [0.2, 0.25) is 0 Å². The van der Waals surface area contributed by atoms with Crippen molar-refractivity contribution in [2.24, 2.45) is 5.73 Å². The van der Waals surface area contributed by atoms with Crippen LogP contribution < -0.4 is 11.1 Å². The van der Waals surface area contributed by atoms with Crippen LogP contribution in [0.4, 0.5) is 0 Å². The van der Waals surface area contributed by atoms with Gasteiger partial charge in [-0.05, 0) is 18.4 Å². The molecule has 0 unspecified atom stereocenters. The van der Waals surface area contributed by atoms with Gasteiger partial charge in [0.05, 0.1) is 0 Å². The van der Waals surface area contributed by atoms with Crippen molar-refractivity contribution in [1.82, 2.24) is 10.3 Å². The minimum Gasteiger partial charge on any atom is -0.347 e. The molecule has 2 aromatic rings. The molecule has 3 N–H and O–H groups in total. The van der Waals surface area contributed by atoms with Gasteiger partial charge in [-0.15, -0.1) is 11.3 Å². The normalized spacial score (nSPS) is 12.4. The van der Waals surface area contributed by atoms with Crippen molar-refractivity contribution >= 4 is 17.2 Å². The van der Waals surface area contributed by atoms with Gasteiger partial charge in [0.25, 0.3) is 5.91 Å². The molecule has 2 rings (SSSR count). The average molecular weight is 303 g/mol. The van der Waals surface area contributed by atoms with Crippen LogP contribution in [0.3, 0.4) is 0 Å². The van der Waals surface area contributed by atoms with E-state index in [1.165, 1.54) is 16.9 Å². The highest BCUT2D eigenvalue weighted by Gasteiger charge is 2.13. The minimum atomic E-state index is -0.172. The van der Waals surface area contributed by atoms with E-state index in [1.807, 2.05) is 6.92 Å². The van der Waals surface area contributed by atoms with E-state index in [9.17, 15) is 4.79 Å². The number of carbonyl (C=O) groups is 1. The smallest absolute Gasteiger partial charge is 0.271 e. The second kappa shape index (κ2) is 6.83. The van der Waals surface area contributed by atoms with Crippen LogP contribution >= 0.6 is 11.3 Å². The summed E-state index contributed by atoms with van der Waals surface area (Å²) in [4.78, 5) is 16.4. The van der Waals surface area contributed by atoms with Gasteiger partial charge in [0.2, 0.25) is 0 Å². The van der Waals surface area contributed by atoms with E-state index in [0.717, 1.165) is 10.6 Å². The van der Waals surface area contributed by atoms with Crippen molar-refractivity contribution in [2.45, 2.75) is 32.7 Å². The topological polar surface area (TPSA) is 68.0 Å². The molecule has 0 aliphatic heterocycles. The van der Waals surface area contributed by atoms with Crippen LogP contribution in [0.5, 0.6) is 0 Å². The molecule has 112 valence electrons. The molecule has 1 heterocycles. The van der Waals surface area contributed by atoms with Gasteiger partial charge in [-0.25, -0.2) is 4.98 Å². The summed E-state index contributed by atoms with van der Waals surface area (Å²) in [7, 11) is 0. The summed E-state index contributed by atoms with van der Waals surface area (Å²) in [6, 6.07) is 8.28. The number of hydrogen-bond acceptors (Lipinski definition) is 4. The zero-order valence-electron chi connectivity index (χ0n) is 12.6. The molecule has 0 saturated heterocycles. The molecular formula is C16H21N3OS. The Balaban J connectivity index is 2.14. The Kier molecular flexibility index (Phi) is 5.09. The van der Waals surface area contributed by atoms with Gasteiger partial charge in [-0.1, -0.05) is 38.1 Å². The Morgan fingerprint density at radius 1 is 1.29 bits per heavy atom. The molecule has 0 saturated carbocycles. The van der Waals surface area contributed by atoms with Crippen molar-refractivity contribution in [3.8, 4) is 10.6 Å². The Bertz CT molecular complexity index is 604. The number of nitrogens with zero attached hydrogens (tertiary/aromatic N) is 1. The molecule has 1 amide bonds. The third-order valence-corrected chi connectivity index (χ3v) is 4.18. The van der Waals surface area contributed by atoms with E-state index in [-0.39, 0.29) is 11.9 Å². The predicted molar refractivity (Wildman–Crippen MR) is 87.6 cm³/mol. The van der Waals surface area contributed by atoms with Gasteiger partial charge in [0.1, 0.15) is 10.7 Å². The summed E-state index contributed by atoms with van der Waals surface area (Å²) >= 11 is 1.48. The first-order chi connectivity index (χ1) is 10.0. The highest BCUT2D eigenvalue weighted by atomic mass is 32.1. The fourth-order valence-electron chi connectivity index (χ4n) is 1.88. The third kappa shape index (κ3) is 3.89. The molecule has 21 heavy (non-hydrogen) atoms. The summed E-state index contributed by atoms with van der Waals surface area (Å²) < 4.78 is 0. The highest BCUT2D eigenvalue weighted by Crippen LogP contribution is 2.25. The van der Waals surface area contributed by atoms with Crippen molar-refractivity contribution in [1.29, 1.82) is 0 Å². The molecule has 5 heteroatoms. The quantitative estimate of drug-likeness (QED) is 0.892. The van der Waals surface area contributed by atoms with Gasteiger partial charge in [-0.3, -0.25) is 4.79 Å². The largest absolute Gasteiger partial charge is 0.347 e. The Morgan fingerprint density at radius 3 is 2.52 bits per heavy atom. The molecule has 1 atom stereocenters. The Morgan fingerprint density at radius 2 is 1.95 bits per heavy atom. The molecule has 0 spiro atoms. The molecule has 0 radical (unpaired) electrons. The first-order valence-corrected chi connectivity index (χ1v) is 7.96. The molecule has 1 aromatic heterocycles. The highest BCUT2D eigenvalue weighted by molar-refractivity contribution is 7.13. The Labute approximate surface area is 129 Å². The van der Waals surface area contributed by atoms with Crippen LogP contribution in [0.15, 0.2) is 29.6 Å². The molecule has 1 aromatic carbocycles. The second-order valence-electron chi connectivity index (χ2n) is 5.42. The number of aromatic nitrogens is 1. The van der Waals surface area contributed by atoms with Crippen molar-refractivity contribution in [3.63, 3.8) is 0 Å². The van der Waals surface area contributed by atoms with E-state index < -0.39 is 0 Å². The fraction of sp³-hybridized carbons (Fsp3) is 0.375. The van der Waals surface area contributed by atoms with Crippen molar-refractivity contribution in [3.05, 3.63) is 40.9 Å². The third-order valence-electron chi connectivity index (χ3n) is 3.29. The maximum Gasteiger partial charge on any atom is 0.271 e. The van der Waals surface area contributed by atoms with Crippen molar-refractivity contribution in [2.75, 3.05) is 6.54 Å². The lowest BCUT2D eigenvalue weighted by atomic mass is 10.0. The fourth-order valence-corrected chi connectivity index (χ4v) is 2.68. The lowest BCUT2D eigenvalue weighted by molar-refractivity contribution is 0.0937. The summed E-state index contributed by atoms with van der Waals surface area (Å²) in [5.41, 5.74) is 8.28. The first-order valence-electron chi connectivity index (χ1n) is 7.08. The predicted octanol–water partition coefficient (Wildman–Crippen LogP) is 3.01. The summed E-state index contributed by atoms with van der Waals surface area (Å²) in [5, 5.41) is 5.45. The molecule has 0 bridgehead atoms. The number of rotatable bonds is 5. The van der Waals surface area contributed by atoms with Crippen LogP contribution in [0.25, 0.3) is 10.6 Å². The molecule has 4 nitrogen and oxygen atoms in total. The van der Waals surface area contributed by atoms with E-state index in [1.54, 1.807) is 5.38 Å². The van der Waals surface area contributed by atoms with Crippen LogP contribution in [-0.2, 0) is 0 Å². The maximum atomic E-state index is 12.0.